The quantitative estimate of drug-likeness (QED) is 0.241. The third-order valence-electron chi connectivity index (χ3n) is 2.92. The SMILES string of the molecule is O=C=NC(I)C(c1cc(Br)ccc1F)C1CC1. The number of nitrogens with zero attached hydrogens (tertiary/aromatic N) is 1. The third-order valence-corrected chi connectivity index (χ3v) is 4.47. The minimum Gasteiger partial charge on any atom is -0.211 e. The van der Waals surface area contributed by atoms with Gasteiger partial charge in [-0.3, -0.25) is 0 Å². The van der Waals surface area contributed by atoms with Gasteiger partial charge in [0.15, 0.2) is 0 Å². The highest BCUT2D eigenvalue weighted by Crippen LogP contribution is 2.47. The Bertz CT molecular complexity index is 472. The van der Waals surface area contributed by atoms with Gasteiger partial charge in [0.25, 0.3) is 0 Å². The summed E-state index contributed by atoms with van der Waals surface area (Å²) >= 11 is 5.42. The summed E-state index contributed by atoms with van der Waals surface area (Å²) in [6.07, 6.45) is 3.72. The molecule has 1 aliphatic rings. The summed E-state index contributed by atoms with van der Waals surface area (Å²) in [6.45, 7) is 0. The molecule has 0 aromatic heterocycles. The molecule has 2 rings (SSSR count). The molecule has 0 amide bonds. The van der Waals surface area contributed by atoms with Gasteiger partial charge in [-0.25, -0.2) is 9.18 Å². The normalized spacial score (nSPS) is 18.3. The second kappa shape index (κ2) is 5.59. The maximum Gasteiger partial charge on any atom is 0.236 e. The monoisotopic (exact) mass is 409 g/mol. The predicted molar refractivity (Wildman–Crippen MR) is 75.5 cm³/mol. The molecule has 1 aromatic rings. The van der Waals surface area contributed by atoms with Gasteiger partial charge in [-0.1, -0.05) is 38.5 Å². The molecule has 2 nitrogen and oxygen atoms in total. The lowest BCUT2D eigenvalue weighted by atomic mass is 9.94. The van der Waals surface area contributed by atoms with Crippen LogP contribution in [0.5, 0.6) is 0 Å². The summed E-state index contributed by atoms with van der Waals surface area (Å²) < 4.78 is 14.4. The molecule has 2 unspecified atom stereocenters. The van der Waals surface area contributed by atoms with Crippen LogP contribution in [0.25, 0.3) is 0 Å². The number of hydrogen-bond acceptors (Lipinski definition) is 2. The first-order chi connectivity index (χ1) is 8.13. The predicted octanol–water partition coefficient (Wildman–Crippen LogP) is 4.18. The van der Waals surface area contributed by atoms with E-state index in [4.69, 9.17) is 0 Å². The van der Waals surface area contributed by atoms with E-state index in [2.05, 4.69) is 43.5 Å². The van der Waals surface area contributed by atoms with Crippen molar-refractivity contribution in [2.45, 2.75) is 22.8 Å². The van der Waals surface area contributed by atoms with E-state index >= 15 is 0 Å². The van der Waals surface area contributed by atoms with Crippen molar-refractivity contribution in [1.29, 1.82) is 0 Å². The Hall–Kier alpha value is -0.260. The van der Waals surface area contributed by atoms with E-state index in [-0.39, 0.29) is 15.8 Å². The first-order valence-corrected chi connectivity index (χ1v) is 7.33. The van der Waals surface area contributed by atoms with E-state index in [1.165, 1.54) is 6.07 Å². The molecule has 2 atom stereocenters. The number of benzene rings is 1. The molecule has 0 aliphatic heterocycles. The smallest absolute Gasteiger partial charge is 0.211 e. The molecule has 0 saturated heterocycles. The number of aliphatic imine (C=N–C) groups is 1. The van der Waals surface area contributed by atoms with Crippen molar-refractivity contribution in [3.8, 4) is 0 Å². The zero-order chi connectivity index (χ0) is 12.4. The van der Waals surface area contributed by atoms with Gasteiger partial charge in [0, 0.05) is 10.4 Å². The summed E-state index contributed by atoms with van der Waals surface area (Å²) in [6, 6.07) is 4.90. The Morgan fingerprint density at radius 3 is 2.82 bits per heavy atom. The van der Waals surface area contributed by atoms with Crippen molar-refractivity contribution in [3.63, 3.8) is 0 Å². The molecule has 5 heteroatoms. The molecule has 0 N–H and O–H groups in total. The molecule has 0 radical (unpaired) electrons. The number of hydrogen-bond donors (Lipinski definition) is 0. The van der Waals surface area contributed by atoms with Crippen LogP contribution in [-0.4, -0.2) is 10.1 Å². The molecule has 17 heavy (non-hydrogen) atoms. The van der Waals surface area contributed by atoms with Gasteiger partial charge < -0.3 is 0 Å². The van der Waals surface area contributed by atoms with Crippen LogP contribution >= 0.6 is 38.5 Å². The summed E-state index contributed by atoms with van der Waals surface area (Å²) in [5.41, 5.74) is 0.639. The van der Waals surface area contributed by atoms with Crippen LogP contribution in [0.15, 0.2) is 27.7 Å². The van der Waals surface area contributed by atoms with Gasteiger partial charge >= 0.3 is 0 Å². The zero-order valence-corrected chi connectivity index (χ0v) is 12.6. The molecule has 0 spiro atoms. The Kier molecular flexibility index (Phi) is 4.33. The van der Waals surface area contributed by atoms with E-state index in [1.54, 1.807) is 18.2 Å². The molecule has 0 heterocycles. The fourth-order valence-electron chi connectivity index (χ4n) is 1.98. The summed E-state index contributed by atoms with van der Waals surface area (Å²) in [5.74, 6) is 0.167. The van der Waals surface area contributed by atoms with Crippen LogP contribution in [0, 0.1) is 11.7 Å². The third kappa shape index (κ3) is 3.14. The van der Waals surface area contributed by atoms with E-state index in [9.17, 15) is 9.18 Å². The second-order valence-electron chi connectivity index (χ2n) is 4.12. The van der Waals surface area contributed by atoms with E-state index in [0.29, 0.717) is 11.5 Å². The van der Waals surface area contributed by atoms with Gasteiger partial charge in [-0.05, 0) is 42.5 Å². The molecule has 0 bridgehead atoms. The Morgan fingerprint density at radius 1 is 1.53 bits per heavy atom. The van der Waals surface area contributed by atoms with Crippen molar-refractivity contribution >= 4 is 44.6 Å². The Balaban J connectivity index is 2.38. The zero-order valence-electron chi connectivity index (χ0n) is 8.87. The van der Waals surface area contributed by atoms with Gasteiger partial charge in [-0.2, -0.15) is 4.99 Å². The van der Waals surface area contributed by atoms with E-state index in [0.717, 1.165) is 17.3 Å². The summed E-state index contributed by atoms with van der Waals surface area (Å²) in [5, 5.41) is 0. The number of isocyanates is 1. The van der Waals surface area contributed by atoms with Crippen molar-refractivity contribution in [2.75, 3.05) is 0 Å². The fraction of sp³-hybridized carbons (Fsp3) is 0.417. The fourth-order valence-corrected chi connectivity index (χ4v) is 3.45. The second-order valence-corrected chi connectivity index (χ2v) is 6.31. The molecule has 1 fully saturated rings. The average Bonchev–Trinajstić information content (AvgIpc) is 3.08. The van der Waals surface area contributed by atoms with Gasteiger partial charge in [0.05, 0.1) is 0 Å². The lowest BCUT2D eigenvalue weighted by Gasteiger charge is -2.19. The van der Waals surface area contributed by atoms with Crippen LogP contribution in [0.1, 0.15) is 24.3 Å². The Labute approximate surface area is 121 Å². The van der Waals surface area contributed by atoms with Crippen LogP contribution in [-0.2, 0) is 4.79 Å². The lowest BCUT2D eigenvalue weighted by molar-refractivity contribution is 0.530. The first-order valence-electron chi connectivity index (χ1n) is 5.29. The number of rotatable bonds is 4. The molecule has 1 saturated carbocycles. The number of alkyl halides is 1. The van der Waals surface area contributed by atoms with Crippen molar-refractivity contribution < 1.29 is 9.18 Å². The number of carbonyl (C=O) groups excluding carboxylic acids is 1. The largest absolute Gasteiger partial charge is 0.236 e. The molecule has 1 aromatic carbocycles. The Morgan fingerprint density at radius 2 is 2.24 bits per heavy atom. The van der Waals surface area contributed by atoms with Crippen molar-refractivity contribution in [3.05, 3.63) is 34.1 Å². The molecule has 1 aliphatic carbocycles. The van der Waals surface area contributed by atoms with Crippen LogP contribution in [0.3, 0.4) is 0 Å². The summed E-state index contributed by atoms with van der Waals surface area (Å²) in [7, 11) is 0. The first kappa shape index (κ1) is 13.2. The maximum atomic E-state index is 13.8. The van der Waals surface area contributed by atoms with E-state index in [1.807, 2.05) is 0 Å². The van der Waals surface area contributed by atoms with Crippen molar-refractivity contribution in [2.24, 2.45) is 10.9 Å². The van der Waals surface area contributed by atoms with Gasteiger partial charge in [0.1, 0.15) is 9.87 Å². The highest BCUT2D eigenvalue weighted by atomic mass is 127. The van der Waals surface area contributed by atoms with E-state index < -0.39 is 0 Å². The van der Waals surface area contributed by atoms with Crippen molar-refractivity contribution in [1.82, 2.24) is 0 Å². The molecule has 90 valence electrons. The summed E-state index contributed by atoms with van der Waals surface area (Å²) in [4.78, 5) is 14.1. The topological polar surface area (TPSA) is 29.4 Å². The van der Waals surface area contributed by atoms with Gasteiger partial charge in [-0.15, -0.1) is 0 Å². The van der Waals surface area contributed by atoms with Crippen LogP contribution < -0.4 is 0 Å². The van der Waals surface area contributed by atoms with Gasteiger partial charge in [0.2, 0.25) is 6.08 Å². The van der Waals surface area contributed by atoms with Crippen LogP contribution in [0.2, 0.25) is 0 Å². The minimum atomic E-state index is -0.249. The number of halogens is 3. The molecular weight excluding hydrogens is 400 g/mol. The highest BCUT2D eigenvalue weighted by molar-refractivity contribution is 14.1. The standard InChI is InChI=1S/C12H10BrFINO/c13-8-3-4-10(14)9(5-8)11(7-1-2-7)12(15)16-6-17/h3-5,7,11-12H,1-2H2. The average molecular weight is 410 g/mol. The minimum absolute atomic E-state index is 0.0328. The maximum absolute atomic E-state index is 13.8. The van der Waals surface area contributed by atoms with Crippen LogP contribution in [0.4, 0.5) is 4.39 Å². The highest BCUT2D eigenvalue weighted by Gasteiger charge is 2.38. The lowest BCUT2D eigenvalue weighted by Crippen LogP contribution is -2.14. The molecular formula is C12H10BrFINO.